The van der Waals surface area contributed by atoms with Gasteiger partial charge in [0.05, 0.1) is 5.75 Å². The van der Waals surface area contributed by atoms with Crippen molar-refractivity contribution in [3.05, 3.63) is 69.7 Å². The number of hydrogen-bond acceptors (Lipinski definition) is 3. The van der Waals surface area contributed by atoms with E-state index in [9.17, 15) is 9.59 Å². The van der Waals surface area contributed by atoms with Crippen LogP contribution in [0.3, 0.4) is 0 Å². The molecule has 2 amide bonds. The Morgan fingerprint density at radius 3 is 2.50 bits per heavy atom. The third-order valence-corrected chi connectivity index (χ3v) is 5.95. The number of rotatable bonds is 9. The molecule has 0 saturated carbocycles. The molecule has 0 aliphatic carbocycles. The van der Waals surface area contributed by atoms with Crippen molar-refractivity contribution in [3.8, 4) is 0 Å². The SMILES string of the molecule is CNC(=O)[C@@H](C)N(CCc1ccccc1)C(=O)CSCc1ccc(Cl)cc1Cl. The van der Waals surface area contributed by atoms with Crippen LogP contribution in [-0.2, 0) is 21.8 Å². The van der Waals surface area contributed by atoms with E-state index in [1.807, 2.05) is 36.4 Å². The average molecular weight is 439 g/mol. The van der Waals surface area contributed by atoms with E-state index in [2.05, 4.69) is 5.32 Å². The highest BCUT2D eigenvalue weighted by Crippen LogP contribution is 2.25. The minimum atomic E-state index is -0.527. The molecule has 0 aliphatic heterocycles. The number of nitrogens with one attached hydrogen (secondary N) is 1. The van der Waals surface area contributed by atoms with Crippen molar-refractivity contribution in [3.63, 3.8) is 0 Å². The lowest BCUT2D eigenvalue weighted by molar-refractivity contribution is -0.137. The summed E-state index contributed by atoms with van der Waals surface area (Å²) in [5.74, 6) is 0.631. The van der Waals surface area contributed by atoms with Gasteiger partial charge in [0.25, 0.3) is 0 Å². The van der Waals surface area contributed by atoms with E-state index >= 15 is 0 Å². The van der Waals surface area contributed by atoms with Gasteiger partial charge in [-0.3, -0.25) is 9.59 Å². The van der Waals surface area contributed by atoms with E-state index in [-0.39, 0.29) is 17.6 Å². The Bertz CT molecular complexity index is 802. The fourth-order valence-corrected chi connectivity index (χ4v) is 4.22. The van der Waals surface area contributed by atoms with Crippen LogP contribution in [-0.4, -0.2) is 42.1 Å². The Morgan fingerprint density at radius 2 is 1.86 bits per heavy atom. The van der Waals surface area contributed by atoms with Gasteiger partial charge in [-0.15, -0.1) is 11.8 Å². The maximum absolute atomic E-state index is 12.8. The van der Waals surface area contributed by atoms with Gasteiger partial charge in [0.1, 0.15) is 6.04 Å². The highest BCUT2D eigenvalue weighted by Gasteiger charge is 2.24. The van der Waals surface area contributed by atoms with Gasteiger partial charge in [-0.05, 0) is 36.6 Å². The molecular formula is C21H24Cl2N2O2S. The Labute approximate surface area is 180 Å². The summed E-state index contributed by atoms with van der Waals surface area (Å²) in [4.78, 5) is 26.6. The summed E-state index contributed by atoms with van der Waals surface area (Å²) < 4.78 is 0. The minimum absolute atomic E-state index is 0.0675. The Balaban J connectivity index is 1.98. The van der Waals surface area contributed by atoms with Crippen LogP contribution in [0.5, 0.6) is 0 Å². The number of carbonyl (C=O) groups excluding carboxylic acids is 2. The zero-order chi connectivity index (χ0) is 20.5. The monoisotopic (exact) mass is 438 g/mol. The van der Waals surface area contributed by atoms with Crippen LogP contribution < -0.4 is 5.32 Å². The predicted octanol–water partition coefficient (Wildman–Crippen LogP) is 4.43. The van der Waals surface area contributed by atoms with Gasteiger partial charge < -0.3 is 10.2 Å². The predicted molar refractivity (Wildman–Crippen MR) is 118 cm³/mol. The van der Waals surface area contributed by atoms with E-state index in [1.54, 1.807) is 31.0 Å². The molecule has 0 bridgehead atoms. The van der Waals surface area contributed by atoms with E-state index in [4.69, 9.17) is 23.2 Å². The fourth-order valence-electron chi connectivity index (χ4n) is 2.75. The molecule has 1 N–H and O–H groups in total. The molecule has 0 spiro atoms. The molecule has 4 nitrogen and oxygen atoms in total. The second-order valence-corrected chi connectivity index (χ2v) is 8.17. The Kier molecular flexibility index (Phi) is 9.16. The van der Waals surface area contributed by atoms with E-state index in [0.29, 0.717) is 28.8 Å². The minimum Gasteiger partial charge on any atom is -0.357 e. The lowest BCUT2D eigenvalue weighted by Crippen LogP contribution is -2.48. The summed E-state index contributed by atoms with van der Waals surface area (Å²) in [5, 5.41) is 3.80. The maximum Gasteiger partial charge on any atom is 0.242 e. The highest BCUT2D eigenvalue weighted by molar-refractivity contribution is 7.99. The summed E-state index contributed by atoms with van der Waals surface area (Å²) in [6.07, 6.45) is 0.696. The first-order valence-corrected chi connectivity index (χ1v) is 10.9. The molecule has 0 radical (unpaired) electrons. The van der Waals surface area contributed by atoms with Crippen molar-refractivity contribution < 1.29 is 9.59 Å². The molecule has 2 aromatic carbocycles. The van der Waals surface area contributed by atoms with Crippen molar-refractivity contribution >= 4 is 46.8 Å². The van der Waals surface area contributed by atoms with Gasteiger partial charge in [0, 0.05) is 29.4 Å². The topological polar surface area (TPSA) is 49.4 Å². The molecule has 0 aliphatic rings. The number of nitrogens with zero attached hydrogens (tertiary/aromatic N) is 1. The standard InChI is InChI=1S/C21H24Cl2N2O2S/c1-15(21(27)24-2)25(11-10-16-6-4-3-5-7-16)20(26)14-28-13-17-8-9-18(22)12-19(17)23/h3-9,12,15H,10-11,13-14H2,1-2H3,(H,24,27)/t15-/m1/s1. The van der Waals surface area contributed by atoms with Gasteiger partial charge >= 0.3 is 0 Å². The summed E-state index contributed by atoms with van der Waals surface area (Å²) >= 11 is 13.6. The van der Waals surface area contributed by atoms with E-state index in [1.165, 1.54) is 11.8 Å². The molecule has 28 heavy (non-hydrogen) atoms. The molecule has 0 saturated heterocycles. The molecule has 0 unspecified atom stereocenters. The van der Waals surface area contributed by atoms with Crippen molar-refractivity contribution in [2.45, 2.75) is 25.1 Å². The highest BCUT2D eigenvalue weighted by atomic mass is 35.5. The number of thioether (sulfide) groups is 1. The number of benzene rings is 2. The summed E-state index contributed by atoms with van der Waals surface area (Å²) in [5.41, 5.74) is 2.06. The molecule has 7 heteroatoms. The molecule has 0 fully saturated rings. The smallest absolute Gasteiger partial charge is 0.242 e. The average Bonchev–Trinajstić information content (AvgIpc) is 2.69. The van der Waals surface area contributed by atoms with E-state index < -0.39 is 6.04 Å². The zero-order valence-electron chi connectivity index (χ0n) is 16.0. The maximum atomic E-state index is 12.8. The number of amides is 2. The second kappa shape index (κ2) is 11.3. The first-order valence-electron chi connectivity index (χ1n) is 8.99. The van der Waals surface area contributed by atoms with Crippen molar-refractivity contribution in [2.75, 3.05) is 19.3 Å². The molecular weight excluding hydrogens is 415 g/mol. The van der Waals surface area contributed by atoms with Gasteiger partial charge in [0.2, 0.25) is 11.8 Å². The van der Waals surface area contributed by atoms with Crippen LogP contribution in [0, 0.1) is 0 Å². The summed E-state index contributed by atoms with van der Waals surface area (Å²) in [6.45, 7) is 2.24. The molecule has 0 heterocycles. The number of hydrogen-bond donors (Lipinski definition) is 1. The number of likely N-dealkylation sites (N-methyl/N-ethyl adjacent to an activating group) is 1. The molecule has 2 aromatic rings. The first kappa shape index (κ1) is 22.6. The number of carbonyl (C=O) groups is 2. The lowest BCUT2D eigenvalue weighted by atomic mass is 10.1. The van der Waals surface area contributed by atoms with Crippen molar-refractivity contribution in [1.82, 2.24) is 10.2 Å². The third kappa shape index (κ3) is 6.73. The van der Waals surface area contributed by atoms with Crippen molar-refractivity contribution in [2.24, 2.45) is 0 Å². The van der Waals surface area contributed by atoms with Gasteiger partial charge in [-0.25, -0.2) is 0 Å². The molecule has 2 rings (SSSR count). The van der Waals surface area contributed by atoms with Crippen molar-refractivity contribution in [1.29, 1.82) is 0 Å². The zero-order valence-corrected chi connectivity index (χ0v) is 18.3. The Hall–Kier alpha value is -1.69. The number of halogens is 2. The molecule has 150 valence electrons. The molecule has 1 atom stereocenters. The normalized spacial score (nSPS) is 11.7. The van der Waals surface area contributed by atoms with Crippen LogP contribution in [0.1, 0.15) is 18.1 Å². The summed E-state index contributed by atoms with van der Waals surface area (Å²) in [6, 6.07) is 14.7. The second-order valence-electron chi connectivity index (χ2n) is 6.34. The Morgan fingerprint density at radius 1 is 1.14 bits per heavy atom. The molecule has 0 aromatic heterocycles. The van der Waals surface area contributed by atoms with Crippen LogP contribution in [0.4, 0.5) is 0 Å². The van der Waals surface area contributed by atoms with Crippen LogP contribution >= 0.6 is 35.0 Å². The van der Waals surface area contributed by atoms with E-state index in [0.717, 1.165) is 11.1 Å². The van der Waals surface area contributed by atoms with Gasteiger partial charge in [-0.1, -0.05) is 59.6 Å². The summed E-state index contributed by atoms with van der Waals surface area (Å²) in [7, 11) is 1.58. The quantitative estimate of drug-likeness (QED) is 0.629. The lowest BCUT2D eigenvalue weighted by Gasteiger charge is -2.28. The van der Waals surface area contributed by atoms with Gasteiger partial charge in [0.15, 0.2) is 0 Å². The largest absolute Gasteiger partial charge is 0.357 e. The first-order chi connectivity index (χ1) is 13.4. The fraction of sp³-hybridized carbons (Fsp3) is 0.333. The van der Waals surface area contributed by atoms with Crippen LogP contribution in [0.2, 0.25) is 10.0 Å². The van der Waals surface area contributed by atoms with Gasteiger partial charge in [-0.2, -0.15) is 0 Å². The van der Waals surface area contributed by atoms with Crippen LogP contribution in [0.25, 0.3) is 0 Å². The third-order valence-electron chi connectivity index (χ3n) is 4.40. The van der Waals surface area contributed by atoms with Crippen LogP contribution in [0.15, 0.2) is 48.5 Å².